The van der Waals surface area contributed by atoms with Gasteiger partial charge in [-0.05, 0) is 53.2 Å². The van der Waals surface area contributed by atoms with Crippen LogP contribution in [0.2, 0.25) is 5.02 Å². The zero-order valence-corrected chi connectivity index (χ0v) is 28.3. The van der Waals surface area contributed by atoms with Crippen LogP contribution in [-0.4, -0.2) is 74.8 Å². The second-order valence-electron chi connectivity index (χ2n) is 11.7. The van der Waals surface area contributed by atoms with Crippen LogP contribution in [0.1, 0.15) is 48.4 Å². The monoisotopic (exact) mass is 666 g/mol. The largest absolute Gasteiger partial charge is 0.493 e. The van der Waals surface area contributed by atoms with E-state index in [1.54, 1.807) is 44.6 Å². The summed E-state index contributed by atoms with van der Waals surface area (Å²) in [4.78, 5) is 24.0. The highest BCUT2D eigenvalue weighted by Gasteiger charge is 2.27. The number of carbonyl (C=O) groups is 2. The third-order valence-electron chi connectivity index (χ3n) is 7.30. The number of hydrogen-bond donors (Lipinski definition) is 4. The summed E-state index contributed by atoms with van der Waals surface area (Å²) in [6.07, 6.45) is -0.546. The number of nitrogens with zero attached hydrogens (tertiary/aromatic N) is 1. The van der Waals surface area contributed by atoms with Gasteiger partial charge in [-0.15, -0.1) is 0 Å². The molecule has 0 heterocycles. The van der Waals surface area contributed by atoms with Gasteiger partial charge in [-0.2, -0.15) is 0 Å². The maximum atomic E-state index is 11.0. The Hall–Kier alpha value is -4.35. The number of ether oxygens (including phenoxy) is 3. The van der Waals surface area contributed by atoms with Gasteiger partial charge in [0.2, 0.25) is 5.91 Å². The van der Waals surface area contributed by atoms with Crippen molar-refractivity contribution in [3.05, 3.63) is 94.5 Å². The van der Waals surface area contributed by atoms with Gasteiger partial charge in [-0.1, -0.05) is 55.8 Å². The van der Waals surface area contributed by atoms with Gasteiger partial charge in [0, 0.05) is 60.1 Å². The standard InChI is InChI=1S/C23H32ClNO5.C13H11NO3/c1-23(2,15-27)14-25(3)19-10-9-16(24)13-18(19)21(30-12-11-26)17-7-6-8-20(28-4)22(17)29-5;1-8(15)14-10-5-6-11-9(7-10)3-2-4-12(11)13(16)17/h6-10,13,21,26-27H,11-12,14-15H2,1-5H3;2-7H,1H3,(H,14,15)(H,16,17). The third-order valence-corrected chi connectivity index (χ3v) is 7.53. The van der Waals surface area contributed by atoms with Gasteiger partial charge in [0.15, 0.2) is 11.5 Å². The fourth-order valence-electron chi connectivity index (χ4n) is 5.25. The molecule has 0 aliphatic carbocycles. The number of anilines is 2. The maximum absolute atomic E-state index is 11.0. The Kier molecular flexibility index (Phi) is 13.4. The van der Waals surface area contributed by atoms with Gasteiger partial charge in [-0.25, -0.2) is 4.79 Å². The molecular weight excluding hydrogens is 624 g/mol. The fourth-order valence-corrected chi connectivity index (χ4v) is 5.43. The molecule has 0 bridgehead atoms. The predicted molar refractivity (Wildman–Crippen MR) is 185 cm³/mol. The molecule has 1 unspecified atom stereocenters. The van der Waals surface area contributed by atoms with E-state index >= 15 is 0 Å². The van der Waals surface area contributed by atoms with Crippen LogP contribution < -0.4 is 19.7 Å². The number of aliphatic hydroxyl groups excluding tert-OH is 2. The summed E-state index contributed by atoms with van der Waals surface area (Å²) in [5, 5.41) is 32.8. The number of halogens is 1. The molecule has 4 aromatic rings. The number of benzene rings is 4. The van der Waals surface area contributed by atoms with Gasteiger partial charge in [0.05, 0.1) is 33.0 Å². The highest BCUT2D eigenvalue weighted by atomic mass is 35.5. The zero-order chi connectivity index (χ0) is 34.7. The van der Waals surface area contributed by atoms with Crippen LogP contribution in [0.5, 0.6) is 11.5 Å². The minimum absolute atomic E-state index is 0.0639. The summed E-state index contributed by atoms with van der Waals surface area (Å²) in [6, 6.07) is 21.4. The molecule has 4 aromatic carbocycles. The first kappa shape index (κ1) is 37.1. The van der Waals surface area contributed by atoms with Crippen molar-refractivity contribution in [1.82, 2.24) is 0 Å². The Balaban J connectivity index is 0.000000297. The van der Waals surface area contributed by atoms with E-state index in [1.807, 2.05) is 63.4 Å². The molecule has 1 atom stereocenters. The van der Waals surface area contributed by atoms with Gasteiger partial charge in [0.1, 0.15) is 6.10 Å². The van der Waals surface area contributed by atoms with Crippen molar-refractivity contribution in [3.8, 4) is 11.5 Å². The summed E-state index contributed by atoms with van der Waals surface area (Å²) in [6.45, 7) is 6.15. The number of carbonyl (C=O) groups excluding carboxylic acids is 1. The van der Waals surface area contributed by atoms with Crippen LogP contribution in [0.15, 0.2) is 72.8 Å². The molecule has 0 fully saturated rings. The van der Waals surface area contributed by atoms with Crippen LogP contribution in [-0.2, 0) is 9.53 Å². The van der Waals surface area contributed by atoms with Crippen LogP contribution in [0.4, 0.5) is 11.4 Å². The van der Waals surface area contributed by atoms with Crippen molar-refractivity contribution in [2.24, 2.45) is 5.41 Å². The highest BCUT2D eigenvalue weighted by Crippen LogP contribution is 2.42. The Morgan fingerprint density at radius 3 is 2.30 bits per heavy atom. The number of para-hydroxylation sites is 1. The molecule has 1 amide bonds. The maximum Gasteiger partial charge on any atom is 0.336 e. The summed E-state index contributed by atoms with van der Waals surface area (Å²) >= 11 is 6.36. The molecule has 0 aliphatic rings. The fraction of sp³-hybridized carbons (Fsp3) is 0.333. The quantitative estimate of drug-likeness (QED) is 0.128. The number of hydrogen-bond acceptors (Lipinski definition) is 8. The first-order valence-electron chi connectivity index (χ1n) is 14.9. The number of fused-ring (bicyclic) bond motifs is 1. The van der Waals surface area contributed by atoms with Crippen molar-refractivity contribution in [1.29, 1.82) is 0 Å². The van der Waals surface area contributed by atoms with Gasteiger partial charge in [-0.3, -0.25) is 4.79 Å². The second-order valence-corrected chi connectivity index (χ2v) is 12.1. The smallest absolute Gasteiger partial charge is 0.336 e. The van der Waals surface area contributed by atoms with E-state index in [1.165, 1.54) is 6.92 Å². The molecule has 4 rings (SSSR count). The SMILES string of the molecule is CC(=O)Nc1ccc2c(C(=O)O)cccc2c1.COc1cccc(C(OCCO)c2cc(Cl)ccc2N(C)CC(C)(C)CO)c1OC. The summed E-state index contributed by atoms with van der Waals surface area (Å²) in [5.74, 6) is 0.0415. The zero-order valence-electron chi connectivity index (χ0n) is 27.5. The first-order valence-corrected chi connectivity index (χ1v) is 15.3. The molecule has 4 N–H and O–H groups in total. The topological polar surface area (TPSA) is 138 Å². The Morgan fingerprint density at radius 1 is 0.957 bits per heavy atom. The lowest BCUT2D eigenvalue weighted by Gasteiger charge is -2.33. The van der Waals surface area contributed by atoms with Crippen LogP contribution in [0.3, 0.4) is 0 Å². The van der Waals surface area contributed by atoms with Crippen LogP contribution >= 0.6 is 11.6 Å². The molecule has 47 heavy (non-hydrogen) atoms. The summed E-state index contributed by atoms with van der Waals surface area (Å²) in [7, 11) is 5.13. The minimum Gasteiger partial charge on any atom is -0.493 e. The molecule has 0 aromatic heterocycles. The molecule has 10 nitrogen and oxygen atoms in total. The lowest BCUT2D eigenvalue weighted by molar-refractivity contribution is -0.114. The van der Waals surface area contributed by atoms with Crippen molar-refractivity contribution >= 4 is 45.6 Å². The van der Waals surface area contributed by atoms with E-state index in [0.29, 0.717) is 34.1 Å². The number of carboxylic acids is 1. The molecule has 0 aliphatic heterocycles. The van der Waals surface area contributed by atoms with Crippen molar-refractivity contribution < 1.29 is 39.1 Å². The number of methoxy groups -OCH3 is 2. The van der Waals surface area contributed by atoms with E-state index in [2.05, 4.69) is 10.2 Å². The molecule has 0 saturated heterocycles. The molecule has 0 saturated carbocycles. The average molecular weight is 667 g/mol. The summed E-state index contributed by atoms with van der Waals surface area (Å²) < 4.78 is 17.2. The molecule has 0 spiro atoms. The average Bonchev–Trinajstić information content (AvgIpc) is 3.04. The molecule has 0 radical (unpaired) electrons. The van der Waals surface area contributed by atoms with Gasteiger partial charge < -0.3 is 39.7 Å². The van der Waals surface area contributed by atoms with E-state index in [4.69, 9.17) is 30.9 Å². The lowest BCUT2D eigenvalue weighted by Crippen LogP contribution is -2.34. The number of aromatic carboxylic acids is 1. The molecule has 252 valence electrons. The Bertz CT molecular complexity index is 1680. The van der Waals surface area contributed by atoms with E-state index in [-0.39, 0.29) is 36.7 Å². The normalized spacial score (nSPS) is 11.7. The summed E-state index contributed by atoms with van der Waals surface area (Å²) in [5.41, 5.74) is 3.14. The van der Waals surface area contributed by atoms with Crippen LogP contribution in [0.25, 0.3) is 10.8 Å². The van der Waals surface area contributed by atoms with Crippen molar-refractivity contribution in [2.75, 3.05) is 57.8 Å². The number of rotatable bonds is 13. The van der Waals surface area contributed by atoms with E-state index < -0.39 is 12.1 Å². The molecular formula is C36H43ClN2O8. The van der Waals surface area contributed by atoms with Crippen molar-refractivity contribution in [3.63, 3.8) is 0 Å². The minimum atomic E-state index is -0.956. The third kappa shape index (κ3) is 9.82. The van der Waals surface area contributed by atoms with E-state index in [9.17, 15) is 19.8 Å². The van der Waals surface area contributed by atoms with Gasteiger partial charge in [0.25, 0.3) is 0 Å². The van der Waals surface area contributed by atoms with Crippen molar-refractivity contribution in [2.45, 2.75) is 26.9 Å². The number of carboxylic acid groups (broad SMARTS) is 1. The van der Waals surface area contributed by atoms with Crippen LogP contribution in [0, 0.1) is 5.41 Å². The molecule has 11 heteroatoms. The first-order chi connectivity index (χ1) is 22.3. The number of nitrogens with one attached hydrogen (secondary N) is 1. The van der Waals surface area contributed by atoms with Gasteiger partial charge >= 0.3 is 5.97 Å². The number of aliphatic hydroxyl groups is 2. The highest BCUT2D eigenvalue weighted by molar-refractivity contribution is 6.30. The predicted octanol–water partition coefficient (Wildman–Crippen LogP) is 6.41. The van der Waals surface area contributed by atoms with E-state index in [0.717, 1.165) is 22.2 Å². The lowest BCUT2D eigenvalue weighted by atomic mass is 9.93. The Labute approximate surface area is 280 Å². The number of amides is 1. The Morgan fingerprint density at radius 2 is 1.68 bits per heavy atom. The second kappa shape index (κ2) is 17.0.